The first kappa shape index (κ1) is 27.6. The fourth-order valence-electron chi connectivity index (χ4n) is 4.40. The number of nitrogens with zero attached hydrogens (tertiary/aromatic N) is 4. The Hall–Kier alpha value is -2.38. The van der Waals surface area contributed by atoms with E-state index in [4.69, 9.17) is 0 Å². The number of carbonyl (C=O) groups excluding carboxylic acids is 1. The van der Waals surface area contributed by atoms with Crippen LogP contribution in [-0.4, -0.2) is 83.0 Å². The Morgan fingerprint density at radius 1 is 1.05 bits per heavy atom. The van der Waals surface area contributed by atoms with Crippen molar-refractivity contribution in [1.82, 2.24) is 14.2 Å². The van der Waals surface area contributed by atoms with E-state index >= 15 is 0 Å². The second-order valence-electron chi connectivity index (χ2n) is 9.62. The lowest BCUT2D eigenvalue weighted by Gasteiger charge is -2.32. The number of likely N-dealkylation sites (N-methyl/N-ethyl adjacent to an activating group) is 1. The predicted octanol–water partition coefficient (Wildman–Crippen LogP) is 3.47. The molecule has 0 aliphatic carbocycles. The lowest BCUT2D eigenvalue weighted by molar-refractivity contribution is 0.0985. The van der Waals surface area contributed by atoms with Crippen LogP contribution in [0.3, 0.4) is 0 Å². The molecule has 1 aliphatic rings. The van der Waals surface area contributed by atoms with Crippen molar-refractivity contribution in [3.8, 4) is 0 Å². The van der Waals surface area contributed by atoms with E-state index in [1.54, 1.807) is 12.1 Å². The van der Waals surface area contributed by atoms with Crippen LogP contribution in [0, 0.1) is 0 Å². The van der Waals surface area contributed by atoms with Crippen molar-refractivity contribution in [2.45, 2.75) is 42.0 Å². The number of anilines is 1. The molecule has 9 nitrogen and oxygen atoms in total. The van der Waals surface area contributed by atoms with E-state index in [9.17, 15) is 21.6 Å². The largest absolute Gasteiger partial charge is 0.308 e. The Bertz CT molecular complexity index is 1500. The fourth-order valence-corrected chi connectivity index (χ4v) is 8.01. The van der Waals surface area contributed by atoms with Crippen LogP contribution < -0.4 is 4.90 Å². The molecule has 12 heteroatoms. The molecule has 1 aromatic heterocycles. The molecule has 37 heavy (non-hydrogen) atoms. The number of rotatable bonds is 8. The molecule has 4 rings (SSSR count). The summed E-state index contributed by atoms with van der Waals surface area (Å²) < 4.78 is 53.1. The summed E-state index contributed by atoms with van der Waals surface area (Å²) in [6, 6.07) is 10.9. The second kappa shape index (κ2) is 10.8. The molecule has 2 heterocycles. The number of hydrogen-bond acceptors (Lipinski definition) is 8. The van der Waals surface area contributed by atoms with E-state index in [0.717, 1.165) is 25.5 Å². The molecule has 3 aromatic rings. The standard InChI is InChI=1S/C25H32N4O5S3/c1-18-8-5-6-15-29(18)37(33,34)20-13-11-19(12-14-20)24(30)28(17-16-27(2)3)25-26-23-21(35-25)9-7-10-22(23)36(4,31)32/h7,9-14,18H,5-6,8,15-17H2,1-4H3. The second-order valence-corrected chi connectivity index (χ2v) is 14.5. The summed E-state index contributed by atoms with van der Waals surface area (Å²) in [4.78, 5) is 21.9. The topological polar surface area (TPSA) is 108 Å². The van der Waals surface area contributed by atoms with Gasteiger partial charge in [0.2, 0.25) is 10.0 Å². The van der Waals surface area contributed by atoms with Gasteiger partial charge in [0.25, 0.3) is 5.91 Å². The normalized spacial score (nSPS) is 17.4. The summed E-state index contributed by atoms with van der Waals surface area (Å²) in [5, 5.41) is 0.386. The zero-order valence-corrected chi connectivity index (χ0v) is 23.9. The van der Waals surface area contributed by atoms with Gasteiger partial charge in [-0.2, -0.15) is 4.31 Å². The minimum absolute atomic E-state index is 0.0579. The van der Waals surface area contributed by atoms with Gasteiger partial charge in [0, 0.05) is 37.5 Å². The van der Waals surface area contributed by atoms with Crippen LogP contribution in [0.1, 0.15) is 36.5 Å². The van der Waals surface area contributed by atoms with Gasteiger partial charge in [-0.25, -0.2) is 21.8 Å². The number of sulfonamides is 1. The monoisotopic (exact) mass is 564 g/mol. The van der Waals surface area contributed by atoms with Gasteiger partial charge >= 0.3 is 0 Å². The molecule has 200 valence electrons. The SMILES string of the molecule is CC1CCCCN1S(=O)(=O)c1ccc(C(=O)N(CCN(C)C)c2nc3c(S(C)(=O)=O)cccc3s2)cc1. The lowest BCUT2D eigenvalue weighted by atomic mass is 10.1. The van der Waals surface area contributed by atoms with Gasteiger partial charge in [-0.05, 0) is 70.3 Å². The van der Waals surface area contributed by atoms with Crippen molar-refractivity contribution in [2.75, 3.05) is 44.9 Å². The van der Waals surface area contributed by atoms with Crippen molar-refractivity contribution in [3.63, 3.8) is 0 Å². The zero-order valence-electron chi connectivity index (χ0n) is 21.4. The van der Waals surface area contributed by atoms with E-state index in [1.807, 2.05) is 25.9 Å². The molecule has 0 N–H and O–H groups in total. The third-order valence-corrected chi connectivity index (χ3v) is 10.7. The van der Waals surface area contributed by atoms with Crippen LogP contribution in [0.5, 0.6) is 0 Å². The van der Waals surface area contributed by atoms with Crippen molar-refractivity contribution < 1.29 is 21.6 Å². The first-order valence-corrected chi connectivity index (χ1v) is 16.2. The number of fused-ring (bicyclic) bond motifs is 1. The number of carbonyl (C=O) groups is 1. The highest BCUT2D eigenvalue weighted by Gasteiger charge is 2.31. The number of piperidine rings is 1. The van der Waals surface area contributed by atoms with Gasteiger partial charge in [-0.1, -0.05) is 23.8 Å². The van der Waals surface area contributed by atoms with Gasteiger partial charge in [-0.15, -0.1) is 0 Å². The average Bonchev–Trinajstić information content (AvgIpc) is 3.27. The van der Waals surface area contributed by atoms with Crippen LogP contribution in [0.2, 0.25) is 0 Å². The third-order valence-electron chi connectivity index (χ3n) is 6.47. The number of thiazole rings is 1. The lowest BCUT2D eigenvalue weighted by Crippen LogP contribution is -2.41. The molecule has 0 radical (unpaired) electrons. The van der Waals surface area contributed by atoms with Crippen molar-refractivity contribution >= 4 is 52.5 Å². The summed E-state index contributed by atoms with van der Waals surface area (Å²) >= 11 is 1.25. The van der Waals surface area contributed by atoms with Gasteiger partial charge in [-0.3, -0.25) is 9.69 Å². The maximum absolute atomic E-state index is 13.6. The van der Waals surface area contributed by atoms with Gasteiger partial charge in [0.1, 0.15) is 5.52 Å². The number of aromatic nitrogens is 1. The molecular weight excluding hydrogens is 532 g/mol. The average molecular weight is 565 g/mol. The quantitative estimate of drug-likeness (QED) is 0.412. The fraction of sp³-hybridized carbons (Fsp3) is 0.440. The van der Waals surface area contributed by atoms with Crippen molar-refractivity contribution in [3.05, 3.63) is 48.0 Å². The summed E-state index contributed by atoms with van der Waals surface area (Å²) in [6.07, 6.45) is 3.82. The smallest absolute Gasteiger partial charge is 0.260 e. The molecule has 1 atom stereocenters. The number of para-hydroxylation sites is 1. The number of sulfone groups is 1. The first-order chi connectivity index (χ1) is 17.4. The van der Waals surface area contributed by atoms with Crippen molar-refractivity contribution in [2.24, 2.45) is 0 Å². The minimum Gasteiger partial charge on any atom is -0.308 e. The number of benzene rings is 2. The van der Waals surface area contributed by atoms with Crippen LogP contribution in [-0.2, 0) is 19.9 Å². The Kier molecular flexibility index (Phi) is 8.05. The molecule has 0 bridgehead atoms. The van der Waals surface area contributed by atoms with E-state index < -0.39 is 19.9 Å². The Labute approximate surface area is 222 Å². The van der Waals surface area contributed by atoms with Gasteiger partial charge in [0.15, 0.2) is 15.0 Å². The maximum atomic E-state index is 13.6. The highest BCUT2D eigenvalue weighted by molar-refractivity contribution is 7.91. The summed E-state index contributed by atoms with van der Waals surface area (Å²) in [7, 11) is -3.36. The summed E-state index contributed by atoms with van der Waals surface area (Å²) in [6.45, 7) is 3.30. The van der Waals surface area contributed by atoms with Crippen LogP contribution >= 0.6 is 11.3 Å². The molecule has 0 saturated carbocycles. The van der Waals surface area contributed by atoms with Crippen LogP contribution in [0.25, 0.3) is 10.2 Å². The zero-order chi connectivity index (χ0) is 27.0. The summed E-state index contributed by atoms with van der Waals surface area (Å²) in [5.41, 5.74) is 0.664. The molecular formula is C25H32N4O5S3. The Morgan fingerprint density at radius 2 is 1.76 bits per heavy atom. The molecule has 2 aromatic carbocycles. The predicted molar refractivity (Wildman–Crippen MR) is 147 cm³/mol. The highest BCUT2D eigenvalue weighted by atomic mass is 32.2. The third kappa shape index (κ3) is 5.88. The Balaban J connectivity index is 1.67. The molecule has 1 saturated heterocycles. The molecule has 1 unspecified atom stereocenters. The highest BCUT2D eigenvalue weighted by Crippen LogP contribution is 2.33. The van der Waals surface area contributed by atoms with E-state index in [-0.39, 0.29) is 21.7 Å². The van der Waals surface area contributed by atoms with E-state index in [2.05, 4.69) is 4.98 Å². The van der Waals surface area contributed by atoms with Crippen LogP contribution in [0.15, 0.2) is 52.3 Å². The minimum atomic E-state index is -3.65. The molecule has 1 aliphatic heterocycles. The molecule has 0 spiro atoms. The van der Waals surface area contributed by atoms with Gasteiger partial charge < -0.3 is 4.90 Å². The first-order valence-electron chi connectivity index (χ1n) is 12.1. The van der Waals surface area contributed by atoms with E-state index in [1.165, 1.54) is 50.9 Å². The summed E-state index contributed by atoms with van der Waals surface area (Å²) in [5.74, 6) is -0.336. The van der Waals surface area contributed by atoms with E-state index in [0.29, 0.717) is 40.5 Å². The Morgan fingerprint density at radius 3 is 2.38 bits per heavy atom. The maximum Gasteiger partial charge on any atom is 0.260 e. The van der Waals surface area contributed by atoms with Crippen molar-refractivity contribution in [1.29, 1.82) is 0 Å². The van der Waals surface area contributed by atoms with Gasteiger partial charge in [0.05, 0.1) is 14.5 Å². The molecule has 1 amide bonds. The number of amides is 1. The molecule has 1 fully saturated rings. The van der Waals surface area contributed by atoms with Crippen LogP contribution in [0.4, 0.5) is 5.13 Å². The number of hydrogen-bond donors (Lipinski definition) is 0.